The highest BCUT2D eigenvalue weighted by Crippen LogP contribution is 2.60. The van der Waals surface area contributed by atoms with Gasteiger partial charge in [0.15, 0.2) is 28.8 Å². The first-order valence-electron chi connectivity index (χ1n) is 39.8. The molecule has 103 heavy (non-hydrogen) atoms. The molecule has 0 N–H and O–H groups in total. The normalized spacial score (nSPS) is 21.9. The molecule has 16 rings (SSSR count). The van der Waals surface area contributed by atoms with Crippen LogP contribution in [0.4, 0.5) is 0 Å². The van der Waals surface area contributed by atoms with Crippen molar-refractivity contribution in [2.75, 3.05) is 86.3 Å². The highest BCUT2D eigenvalue weighted by molar-refractivity contribution is 7.98. The van der Waals surface area contributed by atoms with Crippen molar-refractivity contribution in [1.82, 2.24) is 0 Å². The third-order valence-electron chi connectivity index (χ3n) is 22.8. The largest absolute Gasteiger partial charge is 0.426 e. The summed E-state index contributed by atoms with van der Waals surface area (Å²) in [6.07, 6.45) is 31.7. The summed E-state index contributed by atoms with van der Waals surface area (Å²) in [5.74, 6) is 22.2. The van der Waals surface area contributed by atoms with Crippen LogP contribution in [0.15, 0.2) is 152 Å². The molecule has 0 atom stereocenters. The molecule has 6 aromatic carbocycles. The zero-order valence-corrected chi connectivity index (χ0v) is 66.6. The number of carbonyl (C=O) groups is 6. The number of hydrogen-bond acceptors (Lipinski definition) is 7. The average molecular weight is 1490 g/mol. The molecule has 5 heterocycles. The summed E-state index contributed by atoms with van der Waals surface area (Å²) in [6.45, 7) is 6.65. The zero-order chi connectivity index (χ0) is 71.8. The van der Waals surface area contributed by atoms with Gasteiger partial charge in [0.25, 0.3) is 0 Å². The van der Waals surface area contributed by atoms with Gasteiger partial charge in [-0.3, -0.25) is 28.8 Å². The minimum absolute atomic E-state index is 0.0203. The Morgan fingerprint density at radius 2 is 0.718 bits per heavy atom. The number of esters is 1. The van der Waals surface area contributed by atoms with Gasteiger partial charge in [0, 0.05) is 27.8 Å². The van der Waals surface area contributed by atoms with Gasteiger partial charge in [-0.25, -0.2) is 0 Å². The molecule has 0 aromatic heterocycles. The average Bonchev–Trinajstić information content (AvgIpc) is 1.37. The van der Waals surface area contributed by atoms with Crippen molar-refractivity contribution in [3.63, 3.8) is 0 Å². The first-order valence-corrected chi connectivity index (χ1v) is 48.5. The maximum atomic E-state index is 13.0. The second-order valence-electron chi connectivity index (χ2n) is 31.6. The molecule has 0 radical (unpaired) electrons. The van der Waals surface area contributed by atoms with Gasteiger partial charge in [-0.15, -0.1) is 0 Å². The Balaban J connectivity index is 0.000000130. The lowest BCUT2D eigenvalue weighted by atomic mass is 9.49. The van der Waals surface area contributed by atoms with Crippen molar-refractivity contribution in [2.24, 2.45) is 29.1 Å². The van der Waals surface area contributed by atoms with Gasteiger partial charge in [-0.05, 0) is 271 Å². The Bertz CT molecular complexity index is 3570. The minimum Gasteiger partial charge on any atom is -0.426 e. The van der Waals surface area contributed by atoms with E-state index in [1.807, 2.05) is 78.9 Å². The molecule has 0 spiro atoms. The quantitative estimate of drug-likeness (QED) is 0.0257. The smallest absolute Gasteiger partial charge is 0.317 e. The molecule has 4 bridgehead atoms. The van der Waals surface area contributed by atoms with Crippen LogP contribution in [0.2, 0.25) is 0 Å². The molecule has 5 aliphatic carbocycles. The summed E-state index contributed by atoms with van der Waals surface area (Å²) in [6, 6.07) is 50.8. The third-order valence-corrected chi connectivity index (χ3v) is 34.8. The predicted molar refractivity (Wildman–Crippen MR) is 445 cm³/mol. The van der Waals surface area contributed by atoms with E-state index >= 15 is 0 Å². The van der Waals surface area contributed by atoms with Crippen LogP contribution in [0.5, 0.6) is 5.75 Å². The van der Waals surface area contributed by atoms with E-state index < -0.39 is 0 Å². The maximum Gasteiger partial charge on any atom is 0.317 e. The number of Topliss-reactive ketones (excluding diaryl/α,β-unsaturated/α-hetero) is 5. The van der Waals surface area contributed by atoms with Crippen LogP contribution in [0, 0.1) is 29.1 Å². The second-order valence-corrected chi connectivity index (χ2v) is 43.2. The molecular weight excluding hydrogens is 1370 g/mol. The van der Waals surface area contributed by atoms with E-state index in [2.05, 4.69) is 93.6 Å². The fraction of sp³-hybridized carbons (Fsp3) is 0.538. The summed E-state index contributed by atoms with van der Waals surface area (Å²) in [5.41, 5.74) is 10.7. The fourth-order valence-electron chi connectivity index (χ4n) is 17.3. The summed E-state index contributed by atoms with van der Waals surface area (Å²) < 4.78 is 5.82. The van der Waals surface area contributed by atoms with Crippen LogP contribution in [-0.4, -0.2) is 121 Å². The molecule has 0 amide bonds. The van der Waals surface area contributed by atoms with Gasteiger partial charge in [0.05, 0.1) is 5.41 Å². The van der Waals surface area contributed by atoms with Crippen molar-refractivity contribution in [3.05, 3.63) is 196 Å². The fourth-order valence-corrected chi connectivity index (χ4v) is 28.6. The van der Waals surface area contributed by atoms with E-state index in [0.29, 0.717) is 84.1 Å². The molecule has 5 aliphatic heterocycles. The van der Waals surface area contributed by atoms with Gasteiger partial charge in [0.1, 0.15) is 63.3 Å². The first kappa shape index (κ1) is 78.9. The van der Waals surface area contributed by atoms with Crippen molar-refractivity contribution in [2.45, 2.75) is 187 Å². The lowest BCUT2D eigenvalue weighted by Gasteiger charge is -2.55. The van der Waals surface area contributed by atoms with Crippen molar-refractivity contribution in [1.29, 1.82) is 0 Å². The van der Waals surface area contributed by atoms with Crippen LogP contribution in [-0.2, 0) is 72.1 Å². The highest BCUT2D eigenvalue weighted by atomic mass is 32.2. The molecule has 12 heteroatoms. The SMILES string of the molecule is CC(C)Cc1ccc(C(=O)C[S+]2CCCC2)cc1.CCCCc1ccc(C(=O)C[S+]2CCCC2)cc1.O=C(C[S+]1CCCC1)c1ccc(-c2ccccc2)cc1.O=C(C[S+]1CCCC1)c1ccc(C2CCCCC2)cc1.O=C(C[S+]1CCCC1)c1ccc(OC(=O)C23CC4CC(CC(C4)C2)C3)cc1. The molecule has 0 unspecified atom stereocenters. The predicted octanol–water partition coefficient (Wildman–Crippen LogP) is 19.8. The standard InChI is InChI=1S/C23H29O3S.C18H25OS.C18H19OS.2C16H23OS/c24-21(15-27-7-1-2-8-27)19-3-5-20(6-4-19)26-22(25)23-12-16-9-17(13-23)11-18(10-16)14-23;2*19-18(14-20-12-4-5-13-20)17-10-8-16(9-11-17)15-6-2-1-3-7-15;1-13(2)11-14-5-7-15(8-6-14)16(17)12-18-9-3-4-10-18;1-2-3-6-14-7-9-15(10-8-14)16(17)13-18-11-4-5-12-18/h3-6,16-18H,1-2,7-15H2;8-11,15H,1-7,12-14H2;1-3,6-11H,4-5,12-14H2;5-8,13H,3-4,9-12H2,1-2H3;7-10H,2-6,11-13H2,1H3/q5*+1. The van der Waals surface area contributed by atoms with Gasteiger partial charge < -0.3 is 4.74 Å². The van der Waals surface area contributed by atoms with Crippen molar-refractivity contribution >= 4 is 89.4 Å². The van der Waals surface area contributed by atoms with Crippen LogP contribution in [0.1, 0.15) is 243 Å². The summed E-state index contributed by atoms with van der Waals surface area (Å²) in [4.78, 5) is 74.3. The molecule has 5 saturated carbocycles. The van der Waals surface area contributed by atoms with Gasteiger partial charge in [-0.1, -0.05) is 174 Å². The molecule has 6 aromatic rings. The van der Waals surface area contributed by atoms with E-state index in [-0.39, 0.29) is 28.1 Å². The molecular formula is C91H119O7S5+5. The Morgan fingerprint density at radius 1 is 0.388 bits per heavy atom. The van der Waals surface area contributed by atoms with Crippen LogP contribution in [0.3, 0.4) is 0 Å². The van der Waals surface area contributed by atoms with Gasteiger partial charge in [-0.2, -0.15) is 0 Å². The van der Waals surface area contributed by atoms with Crippen molar-refractivity contribution in [3.8, 4) is 16.9 Å². The zero-order valence-electron chi connectivity index (χ0n) is 62.5. The summed E-state index contributed by atoms with van der Waals surface area (Å²) >= 11 is 0. The van der Waals surface area contributed by atoms with Crippen LogP contribution >= 0.6 is 0 Å². The molecule has 7 nitrogen and oxygen atoms in total. The Labute approximate surface area is 633 Å². The number of ketones is 5. The number of carbonyl (C=O) groups excluding carboxylic acids is 6. The molecule has 10 fully saturated rings. The lowest BCUT2D eigenvalue weighted by molar-refractivity contribution is -0.161. The van der Waals surface area contributed by atoms with E-state index in [1.54, 1.807) is 0 Å². The number of hydrogen-bond donors (Lipinski definition) is 0. The molecule has 10 aliphatic rings. The summed E-state index contributed by atoms with van der Waals surface area (Å²) in [7, 11) is 1.78. The Hall–Kier alpha value is -5.11. The van der Waals surface area contributed by atoms with Gasteiger partial charge in [0.2, 0.25) is 28.9 Å². The number of rotatable bonds is 24. The minimum atomic E-state index is -0.229. The van der Waals surface area contributed by atoms with Crippen LogP contribution < -0.4 is 4.74 Å². The molecule has 5 saturated heterocycles. The monoisotopic (exact) mass is 1480 g/mol. The van der Waals surface area contributed by atoms with E-state index in [9.17, 15) is 28.8 Å². The Kier molecular flexibility index (Phi) is 31.2. The third kappa shape index (κ3) is 24.5. The van der Waals surface area contributed by atoms with Crippen LogP contribution in [0.25, 0.3) is 11.1 Å². The highest BCUT2D eigenvalue weighted by Gasteiger charge is 2.56. The number of unbranched alkanes of at least 4 members (excludes halogenated alkanes) is 1. The number of ether oxygens (including phenoxy) is 1. The first-order chi connectivity index (χ1) is 50.2. The lowest BCUT2D eigenvalue weighted by Crippen LogP contribution is -2.51. The van der Waals surface area contributed by atoms with Gasteiger partial charge >= 0.3 is 5.97 Å². The number of aryl methyl sites for hydroxylation is 1. The Morgan fingerprint density at radius 3 is 1.08 bits per heavy atom. The maximum absolute atomic E-state index is 13.0. The van der Waals surface area contributed by atoms with E-state index in [4.69, 9.17) is 4.74 Å². The second kappa shape index (κ2) is 40.7. The molecule has 550 valence electrons. The topological polar surface area (TPSA) is 112 Å². The van der Waals surface area contributed by atoms with E-state index in [1.165, 1.54) is 214 Å². The number of benzene rings is 6. The van der Waals surface area contributed by atoms with Crippen molar-refractivity contribution < 1.29 is 33.5 Å². The summed E-state index contributed by atoms with van der Waals surface area (Å²) in [5, 5.41) is 0. The van der Waals surface area contributed by atoms with E-state index in [0.717, 1.165) is 107 Å².